The van der Waals surface area contributed by atoms with E-state index >= 15 is 0 Å². The average Bonchev–Trinajstić information content (AvgIpc) is 2.26. The van der Waals surface area contributed by atoms with Crippen LogP contribution in [-0.4, -0.2) is 24.0 Å². The lowest BCUT2D eigenvalue weighted by Crippen LogP contribution is -2.38. The maximum absolute atomic E-state index is 13.7. The summed E-state index contributed by atoms with van der Waals surface area (Å²) in [6.07, 6.45) is 0. The Balaban J connectivity index is 3.02. The van der Waals surface area contributed by atoms with E-state index in [2.05, 4.69) is 25.7 Å². The van der Waals surface area contributed by atoms with E-state index in [1.807, 2.05) is 12.1 Å². The van der Waals surface area contributed by atoms with E-state index in [0.29, 0.717) is 18.2 Å². The molecular formula is C13H21FN2. The summed E-state index contributed by atoms with van der Waals surface area (Å²) >= 11 is 0. The zero-order chi connectivity index (χ0) is 12.1. The van der Waals surface area contributed by atoms with E-state index in [0.717, 1.165) is 6.54 Å². The molecule has 0 aliphatic rings. The van der Waals surface area contributed by atoms with Crippen molar-refractivity contribution in [3.05, 3.63) is 35.6 Å². The number of hydrogen-bond acceptors (Lipinski definition) is 2. The van der Waals surface area contributed by atoms with Gasteiger partial charge >= 0.3 is 0 Å². The average molecular weight is 224 g/mol. The monoisotopic (exact) mass is 224 g/mol. The van der Waals surface area contributed by atoms with Crippen LogP contribution in [0.3, 0.4) is 0 Å². The molecule has 16 heavy (non-hydrogen) atoms. The second-order valence-corrected chi connectivity index (χ2v) is 4.20. The Bertz CT molecular complexity index is 325. The van der Waals surface area contributed by atoms with Crippen LogP contribution in [-0.2, 0) is 0 Å². The summed E-state index contributed by atoms with van der Waals surface area (Å²) in [6, 6.07) is 7.20. The van der Waals surface area contributed by atoms with Crippen LogP contribution < -0.4 is 5.73 Å². The number of nitrogens with two attached hydrogens (primary N) is 1. The Hall–Kier alpha value is -0.930. The van der Waals surface area contributed by atoms with Crippen LogP contribution in [0.2, 0.25) is 0 Å². The third-order valence-electron chi connectivity index (χ3n) is 2.92. The standard InChI is InChI=1S/C13H21FN2/c1-4-16(10(2)3)13(9-15)11-7-5-6-8-12(11)14/h5-8,10,13H,4,9,15H2,1-3H3. The van der Waals surface area contributed by atoms with Gasteiger partial charge in [0.05, 0.1) is 6.04 Å². The first-order chi connectivity index (χ1) is 7.61. The van der Waals surface area contributed by atoms with Crippen molar-refractivity contribution in [2.24, 2.45) is 5.73 Å². The van der Waals surface area contributed by atoms with E-state index in [4.69, 9.17) is 5.73 Å². The lowest BCUT2D eigenvalue weighted by molar-refractivity contribution is 0.163. The van der Waals surface area contributed by atoms with Crippen molar-refractivity contribution >= 4 is 0 Å². The fourth-order valence-electron chi connectivity index (χ4n) is 2.13. The van der Waals surface area contributed by atoms with Crippen LogP contribution in [0.1, 0.15) is 32.4 Å². The SMILES string of the molecule is CCN(C(C)C)C(CN)c1ccccc1F. The van der Waals surface area contributed by atoms with Crippen molar-refractivity contribution in [3.8, 4) is 0 Å². The molecule has 0 bridgehead atoms. The van der Waals surface area contributed by atoms with Gasteiger partial charge in [-0.15, -0.1) is 0 Å². The number of hydrogen-bond donors (Lipinski definition) is 1. The quantitative estimate of drug-likeness (QED) is 0.833. The van der Waals surface area contributed by atoms with Crippen LogP contribution >= 0.6 is 0 Å². The molecule has 3 heteroatoms. The first-order valence-electron chi connectivity index (χ1n) is 5.82. The largest absolute Gasteiger partial charge is 0.329 e. The maximum Gasteiger partial charge on any atom is 0.128 e. The van der Waals surface area contributed by atoms with Gasteiger partial charge in [-0.25, -0.2) is 4.39 Å². The predicted molar refractivity (Wildman–Crippen MR) is 65.7 cm³/mol. The normalized spacial score (nSPS) is 13.4. The highest BCUT2D eigenvalue weighted by molar-refractivity contribution is 5.21. The van der Waals surface area contributed by atoms with Crippen molar-refractivity contribution in [1.82, 2.24) is 4.90 Å². The zero-order valence-electron chi connectivity index (χ0n) is 10.3. The van der Waals surface area contributed by atoms with Crippen LogP contribution in [0.5, 0.6) is 0 Å². The van der Waals surface area contributed by atoms with E-state index in [1.54, 1.807) is 6.07 Å². The fraction of sp³-hybridized carbons (Fsp3) is 0.538. The molecule has 0 aliphatic heterocycles. The van der Waals surface area contributed by atoms with E-state index in [1.165, 1.54) is 6.07 Å². The molecule has 0 radical (unpaired) electrons. The topological polar surface area (TPSA) is 29.3 Å². The number of halogens is 1. The van der Waals surface area contributed by atoms with E-state index < -0.39 is 0 Å². The number of nitrogens with zero attached hydrogens (tertiary/aromatic N) is 1. The number of rotatable bonds is 5. The molecule has 0 fully saturated rings. The third kappa shape index (κ3) is 2.80. The highest BCUT2D eigenvalue weighted by Crippen LogP contribution is 2.23. The molecule has 0 heterocycles. The molecule has 1 unspecified atom stereocenters. The van der Waals surface area contributed by atoms with Crippen molar-refractivity contribution in [1.29, 1.82) is 0 Å². The zero-order valence-corrected chi connectivity index (χ0v) is 10.3. The highest BCUT2D eigenvalue weighted by Gasteiger charge is 2.22. The number of benzene rings is 1. The summed E-state index contributed by atoms with van der Waals surface area (Å²) in [6.45, 7) is 7.59. The minimum absolute atomic E-state index is 0.0359. The van der Waals surface area contributed by atoms with Gasteiger partial charge in [-0.2, -0.15) is 0 Å². The van der Waals surface area contributed by atoms with Gasteiger partial charge in [-0.05, 0) is 26.5 Å². The molecule has 0 amide bonds. The van der Waals surface area contributed by atoms with Crippen molar-refractivity contribution in [3.63, 3.8) is 0 Å². The molecule has 1 aromatic rings. The summed E-state index contributed by atoms with van der Waals surface area (Å²) in [4.78, 5) is 2.21. The summed E-state index contributed by atoms with van der Waals surface area (Å²) in [7, 11) is 0. The maximum atomic E-state index is 13.7. The van der Waals surface area contributed by atoms with Gasteiger partial charge in [-0.1, -0.05) is 25.1 Å². The van der Waals surface area contributed by atoms with Crippen LogP contribution in [0.4, 0.5) is 4.39 Å². The Morgan fingerprint density at radius 3 is 2.38 bits per heavy atom. The Kier molecular flexibility index (Phi) is 4.90. The first-order valence-corrected chi connectivity index (χ1v) is 5.82. The molecule has 0 spiro atoms. The molecule has 1 rings (SSSR count). The second kappa shape index (κ2) is 5.97. The van der Waals surface area contributed by atoms with Gasteiger partial charge in [0.2, 0.25) is 0 Å². The van der Waals surface area contributed by atoms with Crippen LogP contribution in [0.15, 0.2) is 24.3 Å². The van der Waals surface area contributed by atoms with Gasteiger partial charge < -0.3 is 5.73 Å². The van der Waals surface area contributed by atoms with Crippen molar-refractivity contribution in [2.45, 2.75) is 32.9 Å². The summed E-state index contributed by atoms with van der Waals surface area (Å²) < 4.78 is 13.7. The summed E-state index contributed by atoms with van der Waals surface area (Å²) in [5.74, 6) is -0.169. The minimum atomic E-state index is -0.169. The molecule has 2 nitrogen and oxygen atoms in total. The summed E-state index contributed by atoms with van der Waals surface area (Å²) in [5.41, 5.74) is 6.47. The first kappa shape index (κ1) is 13.1. The number of likely N-dealkylation sites (N-methyl/N-ethyl adjacent to an activating group) is 1. The molecule has 0 aromatic heterocycles. The van der Waals surface area contributed by atoms with Gasteiger partial charge in [0, 0.05) is 18.2 Å². The van der Waals surface area contributed by atoms with Gasteiger partial charge in [0.1, 0.15) is 5.82 Å². The van der Waals surface area contributed by atoms with Gasteiger partial charge in [0.25, 0.3) is 0 Å². The van der Waals surface area contributed by atoms with Crippen LogP contribution in [0, 0.1) is 5.82 Å². The Morgan fingerprint density at radius 1 is 1.31 bits per heavy atom. The predicted octanol–water partition coefficient (Wildman–Crippen LogP) is 2.56. The van der Waals surface area contributed by atoms with Gasteiger partial charge in [-0.3, -0.25) is 4.90 Å². The van der Waals surface area contributed by atoms with Crippen molar-refractivity contribution < 1.29 is 4.39 Å². The second-order valence-electron chi connectivity index (χ2n) is 4.20. The smallest absolute Gasteiger partial charge is 0.128 e. The molecule has 90 valence electrons. The Morgan fingerprint density at radius 2 is 1.94 bits per heavy atom. The molecule has 2 N–H and O–H groups in total. The molecule has 1 atom stereocenters. The Labute approximate surface area is 97.3 Å². The van der Waals surface area contributed by atoms with Gasteiger partial charge in [0.15, 0.2) is 0 Å². The molecule has 0 aliphatic carbocycles. The van der Waals surface area contributed by atoms with E-state index in [9.17, 15) is 4.39 Å². The lowest BCUT2D eigenvalue weighted by atomic mass is 10.0. The lowest BCUT2D eigenvalue weighted by Gasteiger charge is -2.33. The van der Waals surface area contributed by atoms with E-state index in [-0.39, 0.29) is 11.9 Å². The molecule has 0 saturated heterocycles. The van der Waals surface area contributed by atoms with Crippen LogP contribution in [0.25, 0.3) is 0 Å². The highest BCUT2D eigenvalue weighted by atomic mass is 19.1. The minimum Gasteiger partial charge on any atom is -0.329 e. The molecule has 0 saturated carbocycles. The summed E-state index contributed by atoms with van der Waals surface area (Å²) in [5, 5.41) is 0. The fourth-order valence-corrected chi connectivity index (χ4v) is 2.13. The molecule has 1 aromatic carbocycles. The van der Waals surface area contributed by atoms with Crippen molar-refractivity contribution in [2.75, 3.05) is 13.1 Å². The molecular weight excluding hydrogens is 203 g/mol. The third-order valence-corrected chi connectivity index (χ3v) is 2.92.